The topological polar surface area (TPSA) is 123 Å². The number of rotatable bonds is 7. The van der Waals surface area contributed by atoms with Crippen LogP contribution in [0.2, 0.25) is 18.1 Å². The molecule has 0 bridgehead atoms. The number of aromatic nitrogens is 2. The average molecular weight is 674 g/mol. The highest BCUT2D eigenvalue weighted by molar-refractivity contribution is 8.08. The summed E-state index contributed by atoms with van der Waals surface area (Å²) >= 11 is 6.32. The molecule has 44 heavy (non-hydrogen) atoms. The van der Waals surface area contributed by atoms with E-state index in [0.29, 0.717) is 18.5 Å². The number of aryl methyl sites for hydroxylation is 1. The quantitative estimate of drug-likeness (QED) is 0.330. The van der Waals surface area contributed by atoms with E-state index >= 15 is 0 Å². The highest BCUT2D eigenvalue weighted by Crippen LogP contribution is 2.62. The van der Waals surface area contributed by atoms with Crippen LogP contribution >= 0.6 is 6.64 Å². The lowest BCUT2D eigenvalue weighted by molar-refractivity contribution is -0.231. The van der Waals surface area contributed by atoms with E-state index in [-0.39, 0.29) is 29.9 Å². The molecule has 1 saturated carbocycles. The maximum absolute atomic E-state index is 12.8. The van der Waals surface area contributed by atoms with Gasteiger partial charge in [-0.25, -0.2) is 9.46 Å². The summed E-state index contributed by atoms with van der Waals surface area (Å²) in [6.07, 6.45) is 2.48. The zero-order valence-corrected chi connectivity index (χ0v) is 29.8. The second-order valence-electron chi connectivity index (χ2n) is 14.7. The first kappa shape index (κ1) is 33.1. The monoisotopic (exact) mass is 673 g/mol. The molecule has 12 nitrogen and oxygen atoms in total. The molecule has 4 saturated heterocycles. The van der Waals surface area contributed by atoms with Crippen molar-refractivity contribution in [1.82, 2.24) is 14.2 Å². The smallest absolute Gasteiger partial charge is 0.330 e. The lowest BCUT2D eigenvalue weighted by Crippen LogP contribution is -2.50. The molecule has 1 N–H and O–H groups in total. The summed E-state index contributed by atoms with van der Waals surface area (Å²) < 4.78 is 49.5. The van der Waals surface area contributed by atoms with E-state index in [1.165, 1.54) is 10.8 Å². The number of fused-ring (bicyclic) bond motifs is 3. The van der Waals surface area contributed by atoms with Crippen molar-refractivity contribution in [2.45, 2.75) is 147 Å². The largest absolute Gasteiger partial charge is 0.414 e. The van der Waals surface area contributed by atoms with Crippen molar-refractivity contribution in [3.63, 3.8) is 0 Å². The molecule has 5 fully saturated rings. The van der Waals surface area contributed by atoms with E-state index in [4.69, 9.17) is 44.2 Å². The fourth-order valence-electron chi connectivity index (χ4n) is 6.51. The number of hydrogen-bond acceptors (Lipinski definition) is 10. The fraction of sp³-hybridized carbons (Fsp3) is 0.862. The molecule has 0 radical (unpaired) electrons. The lowest BCUT2D eigenvalue weighted by atomic mass is 10.1. The minimum Gasteiger partial charge on any atom is -0.414 e. The Balaban J connectivity index is 1.27. The van der Waals surface area contributed by atoms with Gasteiger partial charge < -0.3 is 32.4 Å². The molecule has 5 heterocycles. The maximum atomic E-state index is 12.8. The molecule has 8 atom stereocenters. The normalized spacial score (nSPS) is 37.2. The van der Waals surface area contributed by atoms with Crippen LogP contribution in [0.15, 0.2) is 15.8 Å². The summed E-state index contributed by atoms with van der Waals surface area (Å²) in [7, 11) is -2.14. The molecule has 0 unspecified atom stereocenters. The Kier molecular flexibility index (Phi) is 8.83. The number of hydrogen-bond donors (Lipinski definition) is 1. The third-order valence-corrected chi connectivity index (χ3v) is 18.1. The zero-order valence-electron chi connectivity index (χ0n) is 27.1. The van der Waals surface area contributed by atoms with Gasteiger partial charge in [0.15, 0.2) is 20.4 Å². The second-order valence-corrected chi connectivity index (χ2v) is 22.7. The van der Waals surface area contributed by atoms with E-state index < -0.39 is 62.8 Å². The van der Waals surface area contributed by atoms with Crippen molar-refractivity contribution in [2.75, 3.05) is 13.2 Å². The molecule has 0 amide bonds. The van der Waals surface area contributed by atoms with Gasteiger partial charge in [0.25, 0.3) is 12.2 Å². The molecular formula is C29H48N3O9PSSi. The van der Waals surface area contributed by atoms with Crippen molar-refractivity contribution in [2.24, 2.45) is 0 Å². The van der Waals surface area contributed by atoms with Gasteiger partial charge in [-0.15, -0.1) is 0 Å². The van der Waals surface area contributed by atoms with Crippen LogP contribution in [0.5, 0.6) is 0 Å². The highest BCUT2D eigenvalue weighted by Gasteiger charge is 2.63. The van der Waals surface area contributed by atoms with Crippen molar-refractivity contribution in [1.29, 1.82) is 0 Å². The van der Waals surface area contributed by atoms with Gasteiger partial charge in [0, 0.05) is 43.6 Å². The minimum atomic E-state index is -3.09. The van der Waals surface area contributed by atoms with Gasteiger partial charge in [-0.2, -0.15) is 0 Å². The Morgan fingerprint density at radius 3 is 2.52 bits per heavy atom. The molecule has 1 aromatic heterocycles. The first-order chi connectivity index (χ1) is 20.5. The van der Waals surface area contributed by atoms with Crippen LogP contribution in [0, 0.1) is 6.92 Å². The Morgan fingerprint density at radius 2 is 1.86 bits per heavy atom. The number of nitrogens with zero attached hydrogens (tertiary/aromatic N) is 2. The fourth-order valence-corrected chi connectivity index (χ4v) is 11.3. The van der Waals surface area contributed by atoms with Gasteiger partial charge in [0.1, 0.15) is 30.6 Å². The summed E-state index contributed by atoms with van der Waals surface area (Å²) in [6, 6.07) is 0.0263. The third kappa shape index (κ3) is 6.03. The molecular weight excluding hydrogens is 625 g/mol. The highest BCUT2D eigenvalue weighted by atomic mass is 32.5. The molecule has 248 valence electrons. The van der Waals surface area contributed by atoms with Crippen LogP contribution in [0.3, 0.4) is 0 Å². The van der Waals surface area contributed by atoms with Crippen molar-refractivity contribution < 1.29 is 32.4 Å². The molecule has 1 spiro atoms. The number of nitrogens with one attached hydrogen (secondary N) is 1. The van der Waals surface area contributed by atoms with Crippen LogP contribution in [0.1, 0.15) is 78.5 Å². The predicted octanol–water partition coefficient (Wildman–Crippen LogP) is 4.28. The standard InChI is InChI=1S/C29H48N3O9PSSi/c1-17(2)32-15-20-23(24-26(37-20)39-29(38-24)11-9-10-12-29)41-42(32,43)40-19-13-22(31-14-18(3)25(33)30-27(31)34)36-21(19)16-35-44(7,8)28(4,5)6/h14,17,19-24,26H,9-13,15-16H2,1-8H3,(H,30,33,34)/t19-,20+,21+,22+,23-,24+,26+,42-/m0/s1. The third-order valence-electron chi connectivity index (χ3n) is 10.2. The van der Waals surface area contributed by atoms with Gasteiger partial charge in [-0.1, -0.05) is 20.8 Å². The predicted molar refractivity (Wildman–Crippen MR) is 169 cm³/mol. The summed E-state index contributed by atoms with van der Waals surface area (Å²) in [4.78, 5) is 27.3. The van der Waals surface area contributed by atoms with Crippen LogP contribution in [0.4, 0.5) is 0 Å². The van der Waals surface area contributed by atoms with Crippen molar-refractivity contribution in [3.8, 4) is 0 Å². The molecule has 5 aliphatic rings. The van der Waals surface area contributed by atoms with Crippen LogP contribution < -0.4 is 11.2 Å². The summed E-state index contributed by atoms with van der Waals surface area (Å²) in [5, 5.41) is -0.00442. The van der Waals surface area contributed by atoms with Crippen LogP contribution in [-0.2, 0) is 44.2 Å². The van der Waals surface area contributed by atoms with E-state index in [1.54, 1.807) is 6.92 Å². The van der Waals surface area contributed by atoms with Gasteiger partial charge in [-0.05, 0) is 63.6 Å². The number of aromatic amines is 1. The molecule has 6 rings (SSSR count). The zero-order chi connectivity index (χ0) is 31.8. The Hall–Kier alpha value is -0.773. The molecule has 1 aliphatic carbocycles. The van der Waals surface area contributed by atoms with Gasteiger partial charge >= 0.3 is 5.69 Å². The first-order valence-corrected chi connectivity index (χ1v) is 21.4. The van der Waals surface area contributed by atoms with Crippen LogP contribution in [0.25, 0.3) is 0 Å². The molecule has 0 aromatic carbocycles. The number of ether oxygens (including phenoxy) is 4. The summed E-state index contributed by atoms with van der Waals surface area (Å²) in [6.45, 7) is 14.5. The molecule has 1 aromatic rings. The second kappa shape index (κ2) is 11.7. The summed E-state index contributed by atoms with van der Waals surface area (Å²) in [5.74, 6) is -0.594. The van der Waals surface area contributed by atoms with E-state index in [2.05, 4.69) is 57.4 Å². The first-order valence-electron chi connectivity index (χ1n) is 15.9. The lowest BCUT2D eigenvalue weighted by Gasteiger charge is -2.46. The van der Waals surface area contributed by atoms with Gasteiger partial charge in [0.2, 0.25) is 0 Å². The van der Waals surface area contributed by atoms with Crippen molar-refractivity contribution >= 4 is 26.8 Å². The van der Waals surface area contributed by atoms with Crippen molar-refractivity contribution in [3.05, 3.63) is 32.6 Å². The average Bonchev–Trinajstić information content (AvgIpc) is 3.69. The van der Waals surface area contributed by atoms with E-state index in [1.807, 2.05) is 0 Å². The Labute approximate surface area is 265 Å². The van der Waals surface area contributed by atoms with Gasteiger partial charge in [-0.3, -0.25) is 14.3 Å². The maximum Gasteiger partial charge on any atom is 0.330 e. The van der Waals surface area contributed by atoms with E-state index in [0.717, 1.165) is 25.7 Å². The summed E-state index contributed by atoms with van der Waals surface area (Å²) in [5.41, 5.74) is -0.536. The number of H-pyrrole nitrogens is 1. The minimum absolute atomic E-state index is 0.00442. The Morgan fingerprint density at radius 1 is 1.16 bits per heavy atom. The van der Waals surface area contributed by atoms with Crippen LogP contribution in [-0.4, -0.2) is 84.3 Å². The molecule has 4 aliphatic heterocycles. The van der Waals surface area contributed by atoms with Gasteiger partial charge in [0.05, 0.1) is 12.7 Å². The SMILES string of the molecule is Cc1cn([C@H]2C[C@H](O[P@]3(=S)O[C@@H]4[C@H]5OC6(CCCC6)O[C@H]5O[C@@H]4CN3C(C)C)[C@@H](CO[Si](C)(C)C(C)(C)C)O2)c(=O)[nH]c1=O. The van der Waals surface area contributed by atoms with E-state index in [9.17, 15) is 9.59 Å². The Bertz CT molecular complexity index is 1410. The molecule has 15 heteroatoms.